The molecule has 0 saturated carbocycles. The van der Waals surface area contributed by atoms with Gasteiger partial charge in [0.25, 0.3) is 0 Å². The van der Waals surface area contributed by atoms with Crippen molar-refractivity contribution in [3.8, 4) is 0 Å². The summed E-state index contributed by atoms with van der Waals surface area (Å²) in [5.41, 5.74) is 1.35. The van der Waals surface area contributed by atoms with Crippen LogP contribution in [-0.2, 0) is 0 Å². The molecular weight excluding hydrogens is 174 g/mol. The van der Waals surface area contributed by atoms with Crippen molar-refractivity contribution < 1.29 is 5.11 Å². The first kappa shape index (κ1) is 9.69. The number of aliphatic hydroxyl groups excluding tert-OH is 1. The summed E-state index contributed by atoms with van der Waals surface area (Å²) in [7, 11) is 0. The van der Waals surface area contributed by atoms with Crippen LogP contribution in [0.1, 0.15) is 17.9 Å². The van der Waals surface area contributed by atoms with E-state index in [4.69, 9.17) is 0 Å². The lowest BCUT2D eigenvalue weighted by molar-refractivity contribution is 0.176. The molecule has 0 bridgehead atoms. The van der Waals surface area contributed by atoms with Gasteiger partial charge in [-0.25, -0.2) is 0 Å². The Morgan fingerprint density at radius 1 is 1.29 bits per heavy atom. The summed E-state index contributed by atoms with van der Waals surface area (Å²) in [5, 5.41) is 12.7. The quantitative estimate of drug-likeness (QED) is 0.740. The predicted molar refractivity (Wildman–Crippen MR) is 57.2 cm³/mol. The number of hydrogen-bond donors (Lipinski definition) is 2. The maximum atomic E-state index is 9.29. The maximum Gasteiger partial charge on any atom is 0.0466 e. The summed E-state index contributed by atoms with van der Waals surface area (Å²) < 4.78 is 0. The second-order valence-corrected chi connectivity index (χ2v) is 3.95. The van der Waals surface area contributed by atoms with Gasteiger partial charge in [-0.2, -0.15) is 0 Å². The van der Waals surface area contributed by atoms with E-state index in [0.717, 1.165) is 19.5 Å². The number of nitrogens with one attached hydrogen (secondary N) is 1. The predicted octanol–water partition coefficient (Wildman–Crippen LogP) is 1.37. The molecule has 1 heterocycles. The minimum Gasteiger partial charge on any atom is -0.396 e. The summed E-state index contributed by atoms with van der Waals surface area (Å²) >= 11 is 0. The number of rotatable bonds is 2. The van der Waals surface area contributed by atoms with E-state index < -0.39 is 0 Å². The molecule has 1 fully saturated rings. The third kappa shape index (κ3) is 1.97. The molecule has 2 nitrogen and oxygen atoms in total. The molecule has 2 atom stereocenters. The van der Waals surface area contributed by atoms with Gasteiger partial charge in [-0.3, -0.25) is 0 Å². The zero-order valence-corrected chi connectivity index (χ0v) is 8.32. The second kappa shape index (κ2) is 4.58. The van der Waals surface area contributed by atoms with Crippen molar-refractivity contribution in [1.29, 1.82) is 0 Å². The van der Waals surface area contributed by atoms with Gasteiger partial charge in [0.1, 0.15) is 0 Å². The fraction of sp³-hybridized carbons (Fsp3) is 0.500. The molecule has 1 aliphatic heterocycles. The fourth-order valence-electron chi connectivity index (χ4n) is 2.22. The summed E-state index contributed by atoms with van der Waals surface area (Å²) in [5.74, 6) is 0.911. The molecule has 1 aromatic carbocycles. The first-order valence-electron chi connectivity index (χ1n) is 5.28. The van der Waals surface area contributed by atoms with E-state index in [1.807, 2.05) is 6.07 Å². The van der Waals surface area contributed by atoms with Gasteiger partial charge in [0.2, 0.25) is 0 Å². The minimum absolute atomic E-state index is 0.307. The highest BCUT2D eigenvalue weighted by molar-refractivity contribution is 5.21. The largest absolute Gasteiger partial charge is 0.396 e. The van der Waals surface area contributed by atoms with Crippen molar-refractivity contribution in [3.63, 3.8) is 0 Å². The van der Waals surface area contributed by atoms with Crippen molar-refractivity contribution in [2.75, 3.05) is 19.7 Å². The van der Waals surface area contributed by atoms with Crippen LogP contribution in [-0.4, -0.2) is 24.8 Å². The fourth-order valence-corrected chi connectivity index (χ4v) is 2.22. The van der Waals surface area contributed by atoms with Gasteiger partial charge in [0, 0.05) is 19.1 Å². The van der Waals surface area contributed by atoms with Crippen molar-refractivity contribution in [1.82, 2.24) is 5.32 Å². The minimum atomic E-state index is 0.307. The highest BCUT2D eigenvalue weighted by Gasteiger charge is 2.25. The molecule has 2 heteroatoms. The zero-order chi connectivity index (χ0) is 9.80. The first-order chi connectivity index (χ1) is 6.92. The molecule has 0 unspecified atom stereocenters. The Balaban J connectivity index is 2.15. The van der Waals surface area contributed by atoms with E-state index in [0.29, 0.717) is 18.4 Å². The number of aliphatic hydroxyl groups is 1. The molecule has 2 N–H and O–H groups in total. The maximum absolute atomic E-state index is 9.29. The average Bonchev–Trinajstić information content (AvgIpc) is 2.30. The average molecular weight is 191 g/mol. The topological polar surface area (TPSA) is 32.3 Å². The van der Waals surface area contributed by atoms with Crippen LogP contribution in [0.3, 0.4) is 0 Å². The number of piperidine rings is 1. The lowest BCUT2D eigenvalue weighted by atomic mass is 9.82. The van der Waals surface area contributed by atoms with E-state index in [2.05, 4.69) is 29.6 Å². The Kier molecular flexibility index (Phi) is 3.17. The van der Waals surface area contributed by atoms with E-state index in [9.17, 15) is 5.11 Å². The van der Waals surface area contributed by atoms with E-state index in [1.165, 1.54) is 5.56 Å². The first-order valence-corrected chi connectivity index (χ1v) is 5.28. The number of benzene rings is 1. The van der Waals surface area contributed by atoms with Gasteiger partial charge in [0.05, 0.1) is 0 Å². The van der Waals surface area contributed by atoms with Crippen molar-refractivity contribution in [2.24, 2.45) is 5.92 Å². The van der Waals surface area contributed by atoms with Crippen LogP contribution in [0.4, 0.5) is 0 Å². The van der Waals surface area contributed by atoms with E-state index in [1.54, 1.807) is 0 Å². The zero-order valence-electron chi connectivity index (χ0n) is 8.32. The molecule has 0 radical (unpaired) electrons. The summed E-state index contributed by atoms with van der Waals surface area (Å²) in [6.07, 6.45) is 1.08. The third-order valence-corrected chi connectivity index (χ3v) is 3.09. The molecule has 76 valence electrons. The highest BCUT2D eigenvalue weighted by Crippen LogP contribution is 2.28. The Morgan fingerprint density at radius 2 is 2.07 bits per heavy atom. The van der Waals surface area contributed by atoms with Crippen molar-refractivity contribution in [2.45, 2.75) is 12.3 Å². The monoisotopic (exact) mass is 191 g/mol. The molecule has 1 aliphatic rings. The third-order valence-electron chi connectivity index (χ3n) is 3.09. The van der Waals surface area contributed by atoms with Gasteiger partial charge < -0.3 is 10.4 Å². The molecule has 0 amide bonds. The Bertz CT molecular complexity index is 273. The molecule has 2 rings (SSSR count). The molecular formula is C12H17NO. The summed E-state index contributed by atoms with van der Waals surface area (Å²) in [6, 6.07) is 10.5. The smallest absolute Gasteiger partial charge is 0.0466 e. The summed E-state index contributed by atoms with van der Waals surface area (Å²) in [6.45, 7) is 2.34. The lowest BCUT2D eigenvalue weighted by Gasteiger charge is -2.31. The van der Waals surface area contributed by atoms with Gasteiger partial charge in [0.15, 0.2) is 0 Å². The van der Waals surface area contributed by atoms with Crippen LogP contribution in [0.15, 0.2) is 30.3 Å². The molecule has 0 aliphatic carbocycles. The molecule has 0 spiro atoms. The van der Waals surface area contributed by atoms with Gasteiger partial charge in [-0.05, 0) is 24.4 Å². The lowest BCUT2D eigenvalue weighted by Crippen LogP contribution is -2.36. The van der Waals surface area contributed by atoms with Gasteiger partial charge in [-0.1, -0.05) is 30.3 Å². The summed E-state index contributed by atoms with van der Waals surface area (Å²) in [4.78, 5) is 0. The normalized spacial score (nSPS) is 27.5. The van der Waals surface area contributed by atoms with E-state index >= 15 is 0 Å². The molecule has 1 aromatic rings. The SMILES string of the molecule is OC[C@@H]1CCNC[C@@H]1c1ccccc1. The van der Waals surface area contributed by atoms with Crippen LogP contribution in [0.2, 0.25) is 0 Å². The molecule has 1 saturated heterocycles. The Morgan fingerprint density at radius 3 is 2.79 bits per heavy atom. The molecule has 14 heavy (non-hydrogen) atoms. The Labute approximate surface area is 85.0 Å². The van der Waals surface area contributed by atoms with Crippen molar-refractivity contribution >= 4 is 0 Å². The highest BCUT2D eigenvalue weighted by atomic mass is 16.3. The van der Waals surface area contributed by atoms with Crippen LogP contribution in [0.5, 0.6) is 0 Å². The van der Waals surface area contributed by atoms with Gasteiger partial charge >= 0.3 is 0 Å². The molecule has 0 aromatic heterocycles. The van der Waals surface area contributed by atoms with Crippen LogP contribution < -0.4 is 5.32 Å². The van der Waals surface area contributed by atoms with E-state index in [-0.39, 0.29) is 0 Å². The Hall–Kier alpha value is -0.860. The van der Waals surface area contributed by atoms with Crippen LogP contribution >= 0.6 is 0 Å². The van der Waals surface area contributed by atoms with Crippen LogP contribution in [0.25, 0.3) is 0 Å². The number of hydrogen-bond acceptors (Lipinski definition) is 2. The second-order valence-electron chi connectivity index (χ2n) is 3.95. The van der Waals surface area contributed by atoms with Crippen molar-refractivity contribution in [3.05, 3.63) is 35.9 Å². The standard InChI is InChI=1S/C12H17NO/c14-9-11-6-7-13-8-12(11)10-4-2-1-3-5-10/h1-5,11-14H,6-9H2/t11-,12+/m0/s1. The van der Waals surface area contributed by atoms with Gasteiger partial charge in [-0.15, -0.1) is 0 Å². The van der Waals surface area contributed by atoms with Crippen LogP contribution in [0, 0.1) is 5.92 Å².